The van der Waals surface area contributed by atoms with Crippen molar-refractivity contribution in [1.82, 2.24) is 5.32 Å². The zero-order chi connectivity index (χ0) is 13.2. The molecule has 0 bridgehead atoms. The van der Waals surface area contributed by atoms with Crippen LogP contribution in [0.5, 0.6) is 0 Å². The molecule has 0 fully saturated rings. The standard InChI is InChI=1S/C17H25N/c1-4-7-13-17(18-14-5-2)16(6-3)15-11-9-8-10-12-15/h8-12,16-18H,5-6,13-14H2,1-3H3. The van der Waals surface area contributed by atoms with Crippen molar-refractivity contribution in [3.05, 3.63) is 35.9 Å². The van der Waals surface area contributed by atoms with Crippen LogP contribution in [0, 0.1) is 11.8 Å². The van der Waals surface area contributed by atoms with E-state index in [0.717, 1.165) is 19.4 Å². The van der Waals surface area contributed by atoms with Gasteiger partial charge in [-0.25, -0.2) is 0 Å². The SMILES string of the molecule is CC#CCC(NCCC)C(CC)c1ccccc1. The average molecular weight is 243 g/mol. The molecular weight excluding hydrogens is 218 g/mol. The first-order valence-corrected chi connectivity index (χ1v) is 7.01. The maximum Gasteiger partial charge on any atom is 0.0249 e. The molecule has 0 radical (unpaired) electrons. The third kappa shape index (κ3) is 4.55. The quantitative estimate of drug-likeness (QED) is 0.715. The molecule has 1 N–H and O–H groups in total. The van der Waals surface area contributed by atoms with Gasteiger partial charge in [-0.1, -0.05) is 44.2 Å². The molecule has 1 rings (SSSR count). The number of benzene rings is 1. The summed E-state index contributed by atoms with van der Waals surface area (Å²) in [4.78, 5) is 0. The smallest absolute Gasteiger partial charge is 0.0249 e. The minimum Gasteiger partial charge on any atom is -0.312 e. The van der Waals surface area contributed by atoms with Crippen LogP contribution in [-0.4, -0.2) is 12.6 Å². The summed E-state index contributed by atoms with van der Waals surface area (Å²) in [7, 11) is 0. The lowest BCUT2D eigenvalue weighted by molar-refractivity contribution is 0.428. The second kappa shape index (κ2) is 8.78. The summed E-state index contributed by atoms with van der Waals surface area (Å²) >= 11 is 0. The molecular formula is C17H25N. The molecule has 0 spiro atoms. The normalized spacial score (nSPS) is 13.5. The van der Waals surface area contributed by atoms with E-state index < -0.39 is 0 Å². The Kier molecular flexibility index (Phi) is 7.22. The van der Waals surface area contributed by atoms with Crippen LogP contribution in [-0.2, 0) is 0 Å². The predicted molar refractivity (Wildman–Crippen MR) is 79.6 cm³/mol. The summed E-state index contributed by atoms with van der Waals surface area (Å²) in [6.07, 6.45) is 3.25. The van der Waals surface area contributed by atoms with Gasteiger partial charge in [0.2, 0.25) is 0 Å². The molecule has 1 aromatic rings. The largest absolute Gasteiger partial charge is 0.312 e. The topological polar surface area (TPSA) is 12.0 Å². The Labute approximate surface area is 112 Å². The summed E-state index contributed by atoms with van der Waals surface area (Å²) in [5, 5.41) is 3.65. The second-order valence-electron chi connectivity index (χ2n) is 4.62. The Balaban J connectivity index is 2.80. The van der Waals surface area contributed by atoms with Crippen molar-refractivity contribution in [3.63, 3.8) is 0 Å². The Morgan fingerprint density at radius 3 is 2.44 bits per heavy atom. The number of nitrogens with one attached hydrogen (secondary N) is 1. The maximum absolute atomic E-state index is 3.65. The van der Waals surface area contributed by atoms with Gasteiger partial charge in [-0.2, -0.15) is 0 Å². The third-order valence-corrected chi connectivity index (χ3v) is 3.31. The van der Waals surface area contributed by atoms with Crippen molar-refractivity contribution in [2.75, 3.05) is 6.54 Å². The van der Waals surface area contributed by atoms with Gasteiger partial charge in [-0.3, -0.25) is 0 Å². The lowest BCUT2D eigenvalue weighted by atomic mass is 9.87. The molecule has 0 aliphatic carbocycles. The molecule has 18 heavy (non-hydrogen) atoms. The van der Waals surface area contributed by atoms with Gasteiger partial charge in [0.05, 0.1) is 0 Å². The van der Waals surface area contributed by atoms with Crippen LogP contribution in [0.25, 0.3) is 0 Å². The van der Waals surface area contributed by atoms with E-state index in [2.05, 4.69) is 61.3 Å². The van der Waals surface area contributed by atoms with Gasteiger partial charge >= 0.3 is 0 Å². The zero-order valence-electron chi connectivity index (χ0n) is 11.9. The fourth-order valence-corrected chi connectivity index (χ4v) is 2.35. The molecule has 1 aromatic carbocycles. The molecule has 2 atom stereocenters. The first-order valence-electron chi connectivity index (χ1n) is 7.01. The summed E-state index contributed by atoms with van der Waals surface area (Å²) in [6.45, 7) is 7.45. The average Bonchev–Trinajstić information content (AvgIpc) is 2.43. The van der Waals surface area contributed by atoms with Gasteiger partial charge in [0, 0.05) is 12.5 Å². The first-order chi connectivity index (χ1) is 8.83. The maximum atomic E-state index is 3.65. The van der Waals surface area contributed by atoms with Crippen LogP contribution in [0.2, 0.25) is 0 Å². The number of hydrogen-bond acceptors (Lipinski definition) is 1. The summed E-state index contributed by atoms with van der Waals surface area (Å²) in [6, 6.07) is 11.3. The third-order valence-electron chi connectivity index (χ3n) is 3.31. The van der Waals surface area contributed by atoms with Crippen LogP contribution in [0.3, 0.4) is 0 Å². The van der Waals surface area contributed by atoms with Crippen molar-refractivity contribution in [3.8, 4) is 11.8 Å². The van der Waals surface area contributed by atoms with E-state index in [1.54, 1.807) is 0 Å². The van der Waals surface area contributed by atoms with Crippen molar-refractivity contribution in [1.29, 1.82) is 0 Å². The Hall–Kier alpha value is -1.26. The Morgan fingerprint density at radius 2 is 1.89 bits per heavy atom. The predicted octanol–water partition coefficient (Wildman–Crippen LogP) is 3.96. The van der Waals surface area contributed by atoms with Gasteiger partial charge < -0.3 is 5.32 Å². The van der Waals surface area contributed by atoms with Crippen molar-refractivity contribution in [2.24, 2.45) is 0 Å². The van der Waals surface area contributed by atoms with Gasteiger partial charge in [-0.05, 0) is 37.8 Å². The lowest BCUT2D eigenvalue weighted by Gasteiger charge is -2.26. The van der Waals surface area contributed by atoms with Crippen molar-refractivity contribution < 1.29 is 0 Å². The molecule has 0 aliphatic rings. The molecule has 0 amide bonds. The fourth-order valence-electron chi connectivity index (χ4n) is 2.35. The highest BCUT2D eigenvalue weighted by Crippen LogP contribution is 2.24. The second-order valence-corrected chi connectivity index (χ2v) is 4.62. The number of hydrogen-bond donors (Lipinski definition) is 1. The number of rotatable bonds is 7. The van der Waals surface area contributed by atoms with Gasteiger partial charge in [0.1, 0.15) is 0 Å². The van der Waals surface area contributed by atoms with E-state index in [1.807, 2.05) is 6.92 Å². The summed E-state index contributed by atoms with van der Waals surface area (Å²) in [5.41, 5.74) is 1.42. The fraction of sp³-hybridized carbons (Fsp3) is 0.529. The minimum absolute atomic E-state index is 0.463. The van der Waals surface area contributed by atoms with E-state index in [0.29, 0.717) is 12.0 Å². The lowest BCUT2D eigenvalue weighted by Crippen LogP contribution is -2.35. The summed E-state index contributed by atoms with van der Waals surface area (Å²) in [5.74, 6) is 6.80. The molecule has 0 saturated carbocycles. The molecule has 1 heteroatoms. The highest BCUT2D eigenvalue weighted by molar-refractivity contribution is 5.22. The van der Waals surface area contributed by atoms with Crippen LogP contribution in [0.15, 0.2) is 30.3 Å². The van der Waals surface area contributed by atoms with E-state index in [-0.39, 0.29) is 0 Å². The van der Waals surface area contributed by atoms with Gasteiger partial charge in [0.25, 0.3) is 0 Å². The van der Waals surface area contributed by atoms with E-state index >= 15 is 0 Å². The van der Waals surface area contributed by atoms with Crippen molar-refractivity contribution in [2.45, 2.75) is 52.0 Å². The van der Waals surface area contributed by atoms with Crippen LogP contribution in [0.1, 0.15) is 51.5 Å². The highest BCUT2D eigenvalue weighted by atomic mass is 14.9. The Morgan fingerprint density at radius 1 is 1.17 bits per heavy atom. The van der Waals surface area contributed by atoms with Crippen molar-refractivity contribution >= 4 is 0 Å². The van der Waals surface area contributed by atoms with Gasteiger partial charge in [0.15, 0.2) is 0 Å². The van der Waals surface area contributed by atoms with E-state index in [1.165, 1.54) is 12.0 Å². The molecule has 0 saturated heterocycles. The van der Waals surface area contributed by atoms with E-state index in [9.17, 15) is 0 Å². The summed E-state index contributed by atoms with van der Waals surface area (Å²) < 4.78 is 0. The monoisotopic (exact) mass is 243 g/mol. The van der Waals surface area contributed by atoms with Crippen LogP contribution >= 0.6 is 0 Å². The highest BCUT2D eigenvalue weighted by Gasteiger charge is 2.19. The molecule has 0 aliphatic heterocycles. The molecule has 2 unspecified atom stereocenters. The Bertz CT molecular complexity index is 372. The zero-order valence-corrected chi connectivity index (χ0v) is 11.9. The molecule has 1 nitrogen and oxygen atoms in total. The molecule has 98 valence electrons. The van der Waals surface area contributed by atoms with Crippen LogP contribution in [0.4, 0.5) is 0 Å². The van der Waals surface area contributed by atoms with E-state index in [4.69, 9.17) is 0 Å². The molecule has 0 heterocycles. The van der Waals surface area contributed by atoms with Gasteiger partial charge in [-0.15, -0.1) is 11.8 Å². The minimum atomic E-state index is 0.463. The first kappa shape index (κ1) is 14.8. The molecule has 0 aromatic heterocycles. The van der Waals surface area contributed by atoms with Crippen LogP contribution < -0.4 is 5.32 Å².